The maximum Gasteiger partial charge on any atom is 0.267 e. The third kappa shape index (κ3) is 5.72. The minimum Gasteiger partial charge on any atom is -0.486 e. The summed E-state index contributed by atoms with van der Waals surface area (Å²) in [7, 11) is 0. The van der Waals surface area contributed by atoms with Gasteiger partial charge in [0.2, 0.25) is 0 Å². The molecule has 1 aliphatic rings. The number of amides is 1. The number of benzene rings is 4. The Kier molecular flexibility index (Phi) is 7.77. The van der Waals surface area contributed by atoms with Gasteiger partial charge in [-0.15, -0.1) is 0 Å². The zero-order chi connectivity index (χ0) is 27.5. The Morgan fingerprint density at radius 2 is 1.77 bits per heavy atom. The predicted octanol–water partition coefficient (Wildman–Crippen LogP) is 9.23. The number of furan rings is 1. The average molecular weight is 630 g/mol. The van der Waals surface area contributed by atoms with E-state index in [0.717, 1.165) is 27.6 Å². The van der Waals surface area contributed by atoms with Crippen LogP contribution in [-0.4, -0.2) is 16.0 Å². The van der Waals surface area contributed by atoms with Crippen LogP contribution in [0.3, 0.4) is 0 Å². The zero-order valence-electron chi connectivity index (χ0n) is 21.1. The van der Waals surface area contributed by atoms with Gasteiger partial charge in [-0.3, -0.25) is 9.69 Å². The van der Waals surface area contributed by atoms with Gasteiger partial charge in [0, 0.05) is 0 Å². The van der Waals surface area contributed by atoms with Gasteiger partial charge in [-0.05, 0) is 92.1 Å². The molecule has 0 bridgehead atoms. The van der Waals surface area contributed by atoms with Crippen LogP contribution in [-0.2, 0) is 17.9 Å². The number of para-hydroxylation sites is 1. The van der Waals surface area contributed by atoms with Gasteiger partial charge < -0.3 is 9.15 Å². The van der Waals surface area contributed by atoms with Crippen molar-refractivity contribution in [2.45, 2.75) is 13.2 Å². The first kappa shape index (κ1) is 26.4. The van der Waals surface area contributed by atoms with Crippen molar-refractivity contribution in [3.8, 4) is 5.75 Å². The quantitative estimate of drug-likeness (QED) is 0.168. The summed E-state index contributed by atoms with van der Waals surface area (Å²) in [6.07, 6.45) is 3.41. The van der Waals surface area contributed by atoms with Gasteiger partial charge in [0.05, 0.1) is 32.9 Å². The first-order chi connectivity index (χ1) is 19.5. The lowest BCUT2D eigenvalue weighted by Gasteiger charge is -2.14. The highest BCUT2D eigenvalue weighted by molar-refractivity contribution is 9.10. The van der Waals surface area contributed by atoms with Crippen LogP contribution in [0.2, 0.25) is 5.02 Å². The molecule has 8 heteroatoms. The highest BCUT2D eigenvalue weighted by atomic mass is 79.9. The smallest absolute Gasteiger partial charge is 0.267 e. The molecule has 5 aromatic rings. The molecule has 1 fully saturated rings. The van der Waals surface area contributed by atoms with E-state index in [1.807, 2.05) is 66.7 Å². The summed E-state index contributed by atoms with van der Waals surface area (Å²) in [6.45, 7) is 0.655. The standard InChI is InChI=1S/C32H22BrClN2O3S/c33-27-16-21(17-28(34)30(27)39-20-23-10-6-9-22-8-4-5-14-26(22)23)18-29-31(37)36(19-25-13-7-15-38-25)32(40-29)35-24-11-2-1-3-12-24/h1-18H,19-20H2/b29-18-,35-32?. The van der Waals surface area contributed by atoms with Crippen molar-refractivity contribution in [2.75, 3.05) is 0 Å². The summed E-state index contributed by atoms with van der Waals surface area (Å²) in [5.74, 6) is 1.07. The number of hydrogen-bond acceptors (Lipinski definition) is 5. The third-order valence-corrected chi connectivity index (χ3v) is 8.21. The fourth-order valence-electron chi connectivity index (χ4n) is 4.42. The van der Waals surface area contributed by atoms with Crippen molar-refractivity contribution < 1.29 is 13.9 Å². The van der Waals surface area contributed by atoms with E-state index in [-0.39, 0.29) is 12.5 Å². The molecule has 1 aliphatic heterocycles. The number of carbonyl (C=O) groups excluding carboxylic acids is 1. The van der Waals surface area contributed by atoms with Gasteiger partial charge in [-0.1, -0.05) is 72.3 Å². The summed E-state index contributed by atoms with van der Waals surface area (Å²) < 4.78 is 12.4. The number of hydrogen-bond donors (Lipinski definition) is 0. The minimum atomic E-state index is -0.153. The Hall–Kier alpha value is -3.78. The summed E-state index contributed by atoms with van der Waals surface area (Å²) in [6, 6.07) is 31.3. The van der Waals surface area contributed by atoms with Gasteiger partial charge in [-0.2, -0.15) is 0 Å². The van der Waals surface area contributed by atoms with E-state index in [9.17, 15) is 4.79 Å². The fraction of sp³-hybridized carbons (Fsp3) is 0.0625. The van der Waals surface area contributed by atoms with E-state index >= 15 is 0 Å². The van der Waals surface area contributed by atoms with E-state index in [0.29, 0.717) is 37.7 Å². The fourth-order valence-corrected chi connectivity index (χ4v) is 6.41. The maximum atomic E-state index is 13.5. The topological polar surface area (TPSA) is 55.0 Å². The normalized spacial score (nSPS) is 15.4. The maximum absolute atomic E-state index is 13.5. The predicted molar refractivity (Wildman–Crippen MR) is 166 cm³/mol. The Balaban J connectivity index is 1.26. The summed E-state index contributed by atoms with van der Waals surface area (Å²) >= 11 is 11.6. The molecule has 40 heavy (non-hydrogen) atoms. The van der Waals surface area contributed by atoms with Crippen LogP contribution in [0.25, 0.3) is 16.8 Å². The molecule has 0 aliphatic carbocycles. The number of nitrogens with zero attached hydrogens (tertiary/aromatic N) is 2. The molecule has 1 aromatic heterocycles. The van der Waals surface area contributed by atoms with Gasteiger partial charge >= 0.3 is 0 Å². The Morgan fingerprint density at radius 3 is 2.58 bits per heavy atom. The van der Waals surface area contributed by atoms with Crippen LogP contribution in [0.1, 0.15) is 16.9 Å². The second-order valence-electron chi connectivity index (χ2n) is 9.05. The van der Waals surface area contributed by atoms with Crippen LogP contribution in [0.4, 0.5) is 5.69 Å². The van der Waals surface area contributed by atoms with Crippen molar-refractivity contribution >= 4 is 72.9 Å². The molecule has 0 radical (unpaired) electrons. The number of ether oxygens (including phenoxy) is 1. The molecule has 0 spiro atoms. The average Bonchev–Trinajstić information content (AvgIpc) is 3.58. The number of thioether (sulfide) groups is 1. The number of carbonyl (C=O) groups is 1. The lowest BCUT2D eigenvalue weighted by Crippen LogP contribution is -2.28. The second kappa shape index (κ2) is 11.8. The zero-order valence-corrected chi connectivity index (χ0v) is 24.2. The molecule has 4 aromatic carbocycles. The van der Waals surface area contributed by atoms with Gasteiger partial charge in [-0.25, -0.2) is 4.99 Å². The van der Waals surface area contributed by atoms with E-state index in [4.69, 9.17) is 25.7 Å². The number of aliphatic imine (C=N–C) groups is 1. The van der Waals surface area contributed by atoms with Crippen LogP contribution in [0, 0.1) is 0 Å². The van der Waals surface area contributed by atoms with Crippen LogP contribution >= 0.6 is 39.3 Å². The third-order valence-electron chi connectivity index (χ3n) is 6.33. The second-order valence-corrected chi connectivity index (χ2v) is 11.3. The van der Waals surface area contributed by atoms with Crippen molar-refractivity contribution in [3.63, 3.8) is 0 Å². The Labute approximate surface area is 249 Å². The van der Waals surface area contributed by atoms with E-state index in [1.54, 1.807) is 23.3 Å². The van der Waals surface area contributed by atoms with Crippen LogP contribution in [0.5, 0.6) is 5.75 Å². The molecule has 5 nitrogen and oxygen atoms in total. The molecule has 0 saturated carbocycles. The first-order valence-electron chi connectivity index (χ1n) is 12.5. The summed E-state index contributed by atoms with van der Waals surface area (Å²) in [5, 5.41) is 3.33. The molecular weight excluding hydrogens is 608 g/mol. The number of rotatable bonds is 7. The minimum absolute atomic E-state index is 0.153. The molecule has 0 unspecified atom stereocenters. The van der Waals surface area contributed by atoms with Crippen molar-refractivity contribution in [3.05, 3.63) is 135 Å². The van der Waals surface area contributed by atoms with Gasteiger partial charge in [0.25, 0.3) is 5.91 Å². The summed E-state index contributed by atoms with van der Waals surface area (Å²) in [5.41, 5.74) is 2.60. The van der Waals surface area contributed by atoms with Gasteiger partial charge in [0.1, 0.15) is 12.4 Å². The van der Waals surface area contributed by atoms with Crippen molar-refractivity contribution in [1.82, 2.24) is 4.90 Å². The van der Waals surface area contributed by atoms with E-state index in [2.05, 4.69) is 40.2 Å². The van der Waals surface area contributed by atoms with Crippen molar-refractivity contribution in [1.29, 1.82) is 0 Å². The largest absolute Gasteiger partial charge is 0.486 e. The molecule has 1 saturated heterocycles. The number of fused-ring (bicyclic) bond motifs is 1. The summed E-state index contributed by atoms with van der Waals surface area (Å²) in [4.78, 5) is 20.4. The Bertz CT molecular complexity index is 1720. The monoisotopic (exact) mass is 628 g/mol. The lowest BCUT2D eigenvalue weighted by atomic mass is 10.1. The molecule has 0 N–H and O–H groups in total. The molecule has 198 valence electrons. The van der Waals surface area contributed by atoms with E-state index in [1.165, 1.54) is 11.8 Å². The van der Waals surface area contributed by atoms with Crippen LogP contribution in [0.15, 0.2) is 122 Å². The lowest BCUT2D eigenvalue weighted by molar-refractivity contribution is -0.122. The first-order valence-corrected chi connectivity index (χ1v) is 14.5. The molecular formula is C32H22BrClN2O3S. The molecule has 0 atom stereocenters. The molecule has 1 amide bonds. The van der Waals surface area contributed by atoms with Crippen LogP contribution < -0.4 is 4.74 Å². The Morgan fingerprint density at radius 1 is 0.975 bits per heavy atom. The SMILES string of the molecule is O=C1/C(=C/c2cc(Cl)c(OCc3cccc4ccccc34)c(Br)c2)SC(=Nc2ccccc2)N1Cc1ccco1. The molecule has 6 rings (SSSR count). The highest BCUT2D eigenvalue weighted by Gasteiger charge is 2.34. The van der Waals surface area contributed by atoms with Crippen molar-refractivity contribution in [2.24, 2.45) is 4.99 Å². The molecule has 2 heterocycles. The highest BCUT2D eigenvalue weighted by Crippen LogP contribution is 2.39. The number of amidine groups is 1. The van der Waals surface area contributed by atoms with E-state index < -0.39 is 0 Å². The number of halogens is 2. The van der Waals surface area contributed by atoms with Gasteiger partial charge in [0.15, 0.2) is 10.9 Å².